The second-order valence-electron chi connectivity index (χ2n) is 5.96. The van der Waals surface area contributed by atoms with Gasteiger partial charge >= 0.3 is 0 Å². The van der Waals surface area contributed by atoms with Gasteiger partial charge in [-0.05, 0) is 38.3 Å². The monoisotopic (exact) mass is 275 g/mol. The van der Waals surface area contributed by atoms with Gasteiger partial charge < -0.3 is 10.2 Å². The van der Waals surface area contributed by atoms with Crippen LogP contribution in [0, 0.1) is 0 Å². The van der Waals surface area contributed by atoms with Crippen LogP contribution in [0.3, 0.4) is 0 Å². The lowest BCUT2D eigenvalue weighted by molar-refractivity contribution is 0.594. The summed E-state index contributed by atoms with van der Waals surface area (Å²) in [5.41, 5.74) is 1.21. The molecule has 0 radical (unpaired) electrons. The van der Waals surface area contributed by atoms with Crippen molar-refractivity contribution >= 4 is 11.5 Å². The van der Waals surface area contributed by atoms with Gasteiger partial charge in [0.2, 0.25) is 0 Å². The molecule has 1 aliphatic rings. The Morgan fingerprint density at radius 1 is 1.25 bits per heavy atom. The van der Waals surface area contributed by atoms with Crippen molar-refractivity contribution in [2.45, 2.75) is 64.8 Å². The fourth-order valence-corrected chi connectivity index (χ4v) is 2.91. The molecule has 3 heteroatoms. The van der Waals surface area contributed by atoms with Gasteiger partial charge in [-0.15, -0.1) is 0 Å². The molecule has 20 heavy (non-hydrogen) atoms. The minimum atomic E-state index is 0.525. The molecule has 1 saturated heterocycles. The molecule has 0 amide bonds. The quantitative estimate of drug-likeness (QED) is 0.710. The molecule has 1 fully saturated rings. The first-order valence-corrected chi connectivity index (χ1v) is 8.27. The van der Waals surface area contributed by atoms with Crippen molar-refractivity contribution < 1.29 is 0 Å². The van der Waals surface area contributed by atoms with Crippen LogP contribution in [-0.2, 0) is 0 Å². The third kappa shape index (κ3) is 4.39. The van der Waals surface area contributed by atoms with Gasteiger partial charge in [0.15, 0.2) is 5.82 Å². The van der Waals surface area contributed by atoms with Gasteiger partial charge in [-0.1, -0.05) is 32.6 Å². The normalized spacial score (nSPS) is 16.4. The van der Waals surface area contributed by atoms with Crippen LogP contribution in [0.15, 0.2) is 18.3 Å². The van der Waals surface area contributed by atoms with E-state index in [4.69, 9.17) is 0 Å². The number of nitrogens with zero attached hydrogens (tertiary/aromatic N) is 2. The van der Waals surface area contributed by atoms with Crippen LogP contribution >= 0.6 is 0 Å². The number of hydrogen-bond donors (Lipinski definition) is 1. The lowest BCUT2D eigenvalue weighted by atomic mass is 10.1. The van der Waals surface area contributed by atoms with Gasteiger partial charge in [0.05, 0.1) is 5.69 Å². The minimum absolute atomic E-state index is 0.525. The Balaban J connectivity index is 1.88. The maximum Gasteiger partial charge on any atom is 0.151 e. The van der Waals surface area contributed by atoms with E-state index < -0.39 is 0 Å². The van der Waals surface area contributed by atoms with Crippen LogP contribution in [0.4, 0.5) is 11.5 Å². The molecule has 1 N–H and O–H groups in total. The van der Waals surface area contributed by atoms with Crippen molar-refractivity contribution in [3.05, 3.63) is 18.3 Å². The number of aromatic nitrogens is 1. The minimum Gasteiger partial charge on any atom is -0.380 e. The van der Waals surface area contributed by atoms with Crippen molar-refractivity contribution in [2.24, 2.45) is 0 Å². The molecule has 0 aromatic carbocycles. The van der Waals surface area contributed by atoms with E-state index in [1.54, 1.807) is 0 Å². The first-order valence-electron chi connectivity index (χ1n) is 8.27. The first kappa shape index (κ1) is 15.1. The Morgan fingerprint density at radius 2 is 2.05 bits per heavy atom. The maximum atomic E-state index is 4.59. The molecule has 1 aromatic heterocycles. The summed E-state index contributed by atoms with van der Waals surface area (Å²) in [6.07, 6.45) is 11.1. The zero-order valence-corrected chi connectivity index (χ0v) is 13.1. The van der Waals surface area contributed by atoms with E-state index in [9.17, 15) is 0 Å². The summed E-state index contributed by atoms with van der Waals surface area (Å²) in [4.78, 5) is 7.00. The molecule has 1 atom stereocenters. The zero-order valence-electron chi connectivity index (χ0n) is 13.1. The van der Waals surface area contributed by atoms with Crippen molar-refractivity contribution in [3.63, 3.8) is 0 Å². The van der Waals surface area contributed by atoms with E-state index in [2.05, 4.69) is 35.1 Å². The summed E-state index contributed by atoms with van der Waals surface area (Å²) < 4.78 is 0. The summed E-state index contributed by atoms with van der Waals surface area (Å²) in [7, 11) is 0. The predicted octanol–water partition coefficient (Wildman–Crippen LogP) is 4.45. The third-order valence-electron chi connectivity index (χ3n) is 4.08. The van der Waals surface area contributed by atoms with Crippen LogP contribution in [0.5, 0.6) is 0 Å². The van der Waals surface area contributed by atoms with Gasteiger partial charge in [-0.25, -0.2) is 4.98 Å². The van der Waals surface area contributed by atoms with Crippen LogP contribution in [-0.4, -0.2) is 24.1 Å². The van der Waals surface area contributed by atoms with Crippen LogP contribution in [0.1, 0.15) is 58.8 Å². The highest BCUT2D eigenvalue weighted by molar-refractivity contribution is 5.66. The highest BCUT2D eigenvalue weighted by Gasteiger charge is 2.17. The first-order chi connectivity index (χ1) is 9.81. The van der Waals surface area contributed by atoms with Gasteiger partial charge in [0.25, 0.3) is 0 Å². The highest BCUT2D eigenvalue weighted by Crippen LogP contribution is 2.27. The maximum absolute atomic E-state index is 4.59. The van der Waals surface area contributed by atoms with E-state index in [1.165, 1.54) is 50.6 Å². The summed E-state index contributed by atoms with van der Waals surface area (Å²) in [6, 6.07) is 4.73. The van der Waals surface area contributed by atoms with E-state index >= 15 is 0 Å². The lowest BCUT2D eigenvalue weighted by Gasteiger charge is -2.23. The molecule has 2 heterocycles. The molecule has 2 rings (SSSR count). The Hall–Kier alpha value is -1.25. The van der Waals surface area contributed by atoms with Crippen molar-refractivity contribution in [3.8, 4) is 0 Å². The number of anilines is 2. The molecule has 3 nitrogen and oxygen atoms in total. The Bertz CT molecular complexity index is 386. The Kier molecular flexibility index (Phi) is 6.16. The molecule has 1 aliphatic heterocycles. The van der Waals surface area contributed by atoms with Gasteiger partial charge in [0.1, 0.15) is 0 Å². The average molecular weight is 275 g/mol. The van der Waals surface area contributed by atoms with Gasteiger partial charge in [-0.2, -0.15) is 0 Å². The van der Waals surface area contributed by atoms with Crippen LogP contribution in [0.2, 0.25) is 0 Å². The lowest BCUT2D eigenvalue weighted by Crippen LogP contribution is -2.23. The van der Waals surface area contributed by atoms with Gasteiger partial charge in [-0.3, -0.25) is 0 Å². The summed E-state index contributed by atoms with van der Waals surface area (Å²) in [5.74, 6) is 1.14. The molecule has 0 bridgehead atoms. The molecular weight excluding hydrogens is 246 g/mol. The number of hydrogen-bond acceptors (Lipinski definition) is 3. The second-order valence-corrected chi connectivity index (χ2v) is 5.96. The SMILES string of the molecule is CCCCCCC(C)Nc1cccnc1N1CCCC1. The number of unbranched alkanes of at least 4 members (excludes halogenated alkanes) is 3. The Labute approximate surface area is 123 Å². The number of nitrogens with one attached hydrogen (secondary N) is 1. The van der Waals surface area contributed by atoms with E-state index in [0.717, 1.165) is 18.9 Å². The molecule has 0 aliphatic carbocycles. The van der Waals surface area contributed by atoms with Crippen molar-refractivity contribution in [2.75, 3.05) is 23.3 Å². The third-order valence-corrected chi connectivity index (χ3v) is 4.08. The van der Waals surface area contributed by atoms with E-state index in [-0.39, 0.29) is 0 Å². The standard InChI is InChI=1S/C17H29N3/c1-3-4-5-6-10-15(2)19-16-11-9-12-18-17(16)20-13-7-8-14-20/h9,11-12,15,19H,3-8,10,13-14H2,1-2H3. The van der Waals surface area contributed by atoms with Crippen molar-refractivity contribution in [1.82, 2.24) is 4.98 Å². The van der Waals surface area contributed by atoms with E-state index in [1.807, 2.05) is 12.3 Å². The highest BCUT2D eigenvalue weighted by atomic mass is 15.2. The van der Waals surface area contributed by atoms with Crippen molar-refractivity contribution in [1.29, 1.82) is 0 Å². The molecule has 1 aromatic rings. The number of rotatable bonds is 8. The Morgan fingerprint density at radius 3 is 2.80 bits per heavy atom. The summed E-state index contributed by atoms with van der Waals surface area (Å²) in [6.45, 7) is 6.85. The fourth-order valence-electron chi connectivity index (χ4n) is 2.91. The van der Waals surface area contributed by atoms with Crippen LogP contribution in [0.25, 0.3) is 0 Å². The number of pyridine rings is 1. The molecule has 112 valence electrons. The molecule has 0 saturated carbocycles. The van der Waals surface area contributed by atoms with Crippen LogP contribution < -0.4 is 10.2 Å². The second kappa shape index (κ2) is 8.13. The molecular formula is C17H29N3. The average Bonchev–Trinajstić information content (AvgIpc) is 2.98. The zero-order chi connectivity index (χ0) is 14.2. The smallest absolute Gasteiger partial charge is 0.151 e. The summed E-state index contributed by atoms with van der Waals surface area (Å²) >= 11 is 0. The molecule has 0 spiro atoms. The fraction of sp³-hybridized carbons (Fsp3) is 0.706. The van der Waals surface area contributed by atoms with Gasteiger partial charge in [0, 0.05) is 25.3 Å². The summed E-state index contributed by atoms with van der Waals surface area (Å²) in [5, 5.41) is 3.66. The predicted molar refractivity (Wildman–Crippen MR) is 87.5 cm³/mol. The topological polar surface area (TPSA) is 28.2 Å². The largest absolute Gasteiger partial charge is 0.380 e. The molecule has 1 unspecified atom stereocenters. The van der Waals surface area contributed by atoms with E-state index in [0.29, 0.717) is 6.04 Å².